The highest BCUT2D eigenvalue weighted by atomic mass is 19.4. The summed E-state index contributed by atoms with van der Waals surface area (Å²) >= 11 is 0. The van der Waals surface area contributed by atoms with Gasteiger partial charge in [0.25, 0.3) is 5.91 Å². The van der Waals surface area contributed by atoms with Gasteiger partial charge in [-0.2, -0.15) is 13.2 Å². The normalized spacial score (nSPS) is 27.6. The molecule has 5 aliphatic rings. The zero-order chi connectivity index (χ0) is 31.7. The first kappa shape index (κ1) is 30.6. The number of hydrogen-bond donors (Lipinski definition) is 5. The summed E-state index contributed by atoms with van der Waals surface area (Å²) < 4.78 is 44.6. The number of halogens is 3. The standard InChI is InChI=1S/C31H36F3N3O7/c32-31(33,34)25-17(14-37(13-15-3-4-15)8-7-36-5-1-2-6-36)11-20(38)23-19(25)10-16-9-18-12-21(39)24(29(35)43)28(42)30(18,44)27(41)22(16)26(23)40/h11,15-16,18,38,40,42,44H,1-10,12-14H2,(H2,35,43)/t16?,18-,30-/m0/s1. The van der Waals surface area contributed by atoms with Gasteiger partial charge in [-0.05, 0) is 80.6 Å². The second-order valence-electron chi connectivity index (χ2n) is 12.9. The highest BCUT2D eigenvalue weighted by Gasteiger charge is 2.60. The number of carbonyl (C=O) groups is 3. The molecule has 0 spiro atoms. The number of rotatable bonds is 8. The fourth-order valence-corrected chi connectivity index (χ4v) is 7.67. The number of aliphatic hydroxyl groups excluding tert-OH is 2. The van der Waals surface area contributed by atoms with Crippen LogP contribution < -0.4 is 5.73 Å². The third-order valence-electron chi connectivity index (χ3n) is 9.97. The lowest BCUT2D eigenvalue weighted by Gasteiger charge is -2.46. The summed E-state index contributed by atoms with van der Waals surface area (Å²) in [6, 6.07) is 0.987. The molecule has 0 bridgehead atoms. The number of Topliss-reactive ketones (excluding diaryl/α,β-unsaturated/α-hetero) is 2. The SMILES string of the molecule is NC(=O)C1=C(O)[C@@]2(O)C(=O)C3=C(O)c4c(O)cc(CN(CCN5CCCC5)CC5CC5)c(C(F)(F)F)c4CC3C[C@H]2CC1=O. The molecule has 3 atom stereocenters. The van der Waals surface area contributed by atoms with Crippen molar-refractivity contribution in [2.24, 2.45) is 23.5 Å². The Bertz CT molecular complexity index is 1490. The molecule has 1 amide bonds. The van der Waals surface area contributed by atoms with Gasteiger partial charge in [-0.1, -0.05) is 0 Å². The summed E-state index contributed by atoms with van der Waals surface area (Å²) in [6.45, 7) is 3.77. The Hall–Kier alpha value is -3.42. The van der Waals surface area contributed by atoms with Gasteiger partial charge in [-0.3, -0.25) is 19.3 Å². The molecule has 1 saturated heterocycles. The molecule has 1 heterocycles. The van der Waals surface area contributed by atoms with Crippen LogP contribution in [0.15, 0.2) is 23.0 Å². The number of carbonyl (C=O) groups excluding carboxylic acids is 3. The third kappa shape index (κ3) is 5.08. The summed E-state index contributed by atoms with van der Waals surface area (Å²) in [5.41, 5.74) is -1.02. The summed E-state index contributed by atoms with van der Waals surface area (Å²) in [4.78, 5) is 42.3. The number of ketones is 2. The number of fused-ring (bicyclic) bond motifs is 3. The molecule has 10 nitrogen and oxygen atoms in total. The van der Waals surface area contributed by atoms with E-state index in [1.165, 1.54) is 0 Å². The van der Waals surface area contributed by atoms with Crippen LogP contribution in [0.25, 0.3) is 5.76 Å². The Balaban J connectivity index is 1.41. The number of nitrogens with two attached hydrogens (primary N) is 1. The van der Waals surface area contributed by atoms with Crippen LogP contribution in [-0.2, 0) is 33.5 Å². The van der Waals surface area contributed by atoms with Crippen LogP contribution in [0.5, 0.6) is 5.75 Å². The highest BCUT2D eigenvalue weighted by molar-refractivity contribution is 6.22. The van der Waals surface area contributed by atoms with Gasteiger partial charge >= 0.3 is 6.18 Å². The van der Waals surface area contributed by atoms with Gasteiger partial charge in [0, 0.05) is 44.1 Å². The zero-order valence-corrected chi connectivity index (χ0v) is 24.1. The van der Waals surface area contributed by atoms with E-state index in [4.69, 9.17) is 5.73 Å². The number of phenolic OH excluding ortho intramolecular Hbond substituents is 1. The maximum Gasteiger partial charge on any atom is 0.417 e. The zero-order valence-electron chi connectivity index (χ0n) is 24.1. The fraction of sp³-hybridized carbons (Fsp3) is 0.581. The first-order chi connectivity index (χ1) is 20.7. The molecule has 4 aliphatic carbocycles. The Morgan fingerprint density at radius 1 is 1.11 bits per heavy atom. The van der Waals surface area contributed by atoms with Crippen LogP contribution in [0.4, 0.5) is 13.2 Å². The van der Waals surface area contributed by atoms with Crippen molar-refractivity contribution in [1.82, 2.24) is 9.80 Å². The second kappa shape index (κ2) is 10.9. The monoisotopic (exact) mass is 619 g/mol. The van der Waals surface area contributed by atoms with Crippen molar-refractivity contribution < 1.29 is 48.0 Å². The van der Waals surface area contributed by atoms with Crippen molar-refractivity contribution >= 4 is 23.2 Å². The van der Waals surface area contributed by atoms with Gasteiger partial charge in [0.05, 0.1) is 11.1 Å². The summed E-state index contributed by atoms with van der Waals surface area (Å²) in [7, 11) is 0. The number of alkyl halides is 3. The fourth-order valence-electron chi connectivity index (χ4n) is 7.67. The first-order valence-corrected chi connectivity index (χ1v) is 15.1. The van der Waals surface area contributed by atoms with Crippen molar-refractivity contribution in [1.29, 1.82) is 0 Å². The van der Waals surface area contributed by atoms with Crippen LogP contribution >= 0.6 is 0 Å². The van der Waals surface area contributed by atoms with Crippen molar-refractivity contribution in [3.05, 3.63) is 45.2 Å². The van der Waals surface area contributed by atoms with Gasteiger partial charge in [0.1, 0.15) is 22.8 Å². The minimum absolute atomic E-state index is 0.0631. The van der Waals surface area contributed by atoms with E-state index < -0.39 is 93.5 Å². The predicted octanol–water partition coefficient (Wildman–Crippen LogP) is 2.75. The first-order valence-electron chi connectivity index (χ1n) is 15.1. The minimum atomic E-state index is -4.86. The summed E-state index contributed by atoms with van der Waals surface area (Å²) in [5.74, 6) is -8.21. The molecule has 0 aromatic heterocycles. The van der Waals surface area contributed by atoms with Crippen molar-refractivity contribution in [2.45, 2.75) is 63.3 Å². The van der Waals surface area contributed by atoms with Gasteiger partial charge in [0.15, 0.2) is 11.4 Å². The number of hydrogen-bond acceptors (Lipinski definition) is 9. The van der Waals surface area contributed by atoms with Crippen molar-refractivity contribution in [3.63, 3.8) is 0 Å². The molecule has 6 rings (SSSR count). The molecular weight excluding hydrogens is 583 g/mol. The lowest BCUT2D eigenvalue weighted by Crippen LogP contribution is -2.58. The van der Waals surface area contributed by atoms with E-state index in [0.717, 1.165) is 51.4 Å². The molecule has 1 aromatic carbocycles. The Morgan fingerprint density at radius 3 is 2.41 bits per heavy atom. The third-order valence-corrected chi connectivity index (χ3v) is 9.97. The maximum atomic E-state index is 14.9. The number of primary amides is 1. The Kier molecular flexibility index (Phi) is 7.57. The molecule has 1 aromatic rings. The molecule has 3 fully saturated rings. The number of benzene rings is 1. The van der Waals surface area contributed by atoms with Gasteiger partial charge in [0.2, 0.25) is 5.78 Å². The van der Waals surface area contributed by atoms with E-state index in [-0.39, 0.29) is 24.1 Å². The molecule has 44 heavy (non-hydrogen) atoms. The van der Waals surface area contributed by atoms with Crippen molar-refractivity contribution in [3.8, 4) is 5.75 Å². The lowest BCUT2D eigenvalue weighted by molar-refractivity contribution is -0.147. The smallest absolute Gasteiger partial charge is 0.417 e. The molecule has 0 radical (unpaired) electrons. The molecule has 2 saturated carbocycles. The molecule has 1 unspecified atom stereocenters. The highest BCUT2D eigenvalue weighted by Crippen LogP contribution is 2.54. The molecule has 13 heteroatoms. The van der Waals surface area contributed by atoms with Crippen LogP contribution in [-0.4, -0.2) is 86.0 Å². The van der Waals surface area contributed by atoms with E-state index in [2.05, 4.69) is 4.90 Å². The van der Waals surface area contributed by atoms with E-state index in [1.54, 1.807) is 0 Å². The van der Waals surface area contributed by atoms with Crippen LogP contribution in [0.1, 0.15) is 60.8 Å². The van der Waals surface area contributed by atoms with Gasteiger partial charge < -0.3 is 31.1 Å². The maximum absolute atomic E-state index is 14.9. The number of likely N-dealkylation sites (tertiary alicyclic amines) is 1. The lowest BCUT2D eigenvalue weighted by atomic mass is 9.59. The Labute approximate surface area is 251 Å². The van der Waals surface area contributed by atoms with E-state index >= 15 is 0 Å². The van der Waals surface area contributed by atoms with Crippen LogP contribution in [0, 0.1) is 17.8 Å². The quantitative estimate of drug-likeness (QED) is 0.275. The summed E-state index contributed by atoms with van der Waals surface area (Å²) in [5, 5.41) is 44.4. The number of phenols is 1. The second-order valence-corrected chi connectivity index (χ2v) is 12.9. The van der Waals surface area contributed by atoms with Crippen LogP contribution in [0.2, 0.25) is 0 Å². The molecule has 6 N–H and O–H groups in total. The van der Waals surface area contributed by atoms with E-state index in [0.29, 0.717) is 19.0 Å². The number of aromatic hydroxyl groups is 1. The largest absolute Gasteiger partial charge is 0.508 e. The average molecular weight is 620 g/mol. The minimum Gasteiger partial charge on any atom is -0.508 e. The topological polar surface area (TPSA) is 165 Å². The van der Waals surface area contributed by atoms with Gasteiger partial charge in [-0.25, -0.2) is 0 Å². The molecule has 238 valence electrons. The molecular formula is C31H36F3N3O7. The predicted molar refractivity (Wildman–Crippen MR) is 150 cm³/mol. The Morgan fingerprint density at radius 2 is 1.80 bits per heavy atom. The van der Waals surface area contributed by atoms with E-state index in [1.807, 2.05) is 4.90 Å². The van der Waals surface area contributed by atoms with Gasteiger partial charge in [-0.15, -0.1) is 0 Å². The van der Waals surface area contributed by atoms with Crippen LogP contribution in [0.3, 0.4) is 0 Å². The van der Waals surface area contributed by atoms with E-state index in [9.17, 15) is 48.0 Å². The number of aliphatic hydroxyl groups is 3. The molecule has 1 aliphatic heterocycles. The number of nitrogens with zero attached hydrogens (tertiary/aromatic N) is 2. The summed E-state index contributed by atoms with van der Waals surface area (Å²) in [6.07, 6.45) is -1.83. The average Bonchev–Trinajstić information content (AvgIpc) is 3.58. The van der Waals surface area contributed by atoms with Crippen molar-refractivity contribution in [2.75, 3.05) is 32.7 Å². The number of amides is 1.